The maximum atomic E-state index is 12.1. The number of anilines is 1. The molecule has 0 fully saturated rings. The van der Waals surface area contributed by atoms with Crippen molar-refractivity contribution in [3.05, 3.63) is 41.9 Å². The maximum Gasteiger partial charge on any atom is 0.319 e. The molecule has 3 aromatic rings. The van der Waals surface area contributed by atoms with Gasteiger partial charge in [-0.25, -0.2) is 4.79 Å². The van der Waals surface area contributed by atoms with Gasteiger partial charge in [0.15, 0.2) is 5.82 Å². The molecule has 0 atom stereocenters. The Labute approximate surface area is 175 Å². The molecule has 0 saturated heterocycles. The Morgan fingerprint density at radius 3 is 2.40 bits per heavy atom. The zero-order valence-corrected chi connectivity index (χ0v) is 18.0. The average Bonchev–Trinajstić information content (AvgIpc) is 3.35. The first-order valence-electron chi connectivity index (χ1n) is 10.0. The predicted octanol–water partition coefficient (Wildman–Crippen LogP) is 4.29. The molecule has 30 heavy (non-hydrogen) atoms. The van der Waals surface area contributed by atoms with Gasteiger partial charge in [0.1, 0.15) is 0 Å². The summed E-state index contributed by atoms with van der Waals surface area (Å²) in [4.78, 5) is 20.8. The standard InChI is InChI=1S/C21H28N6O3/c1-13(2)17-24-16(29-26-17)7-6-12-22-20(28)23-15-10-8-14(9-11-15)18-25-19(30-27-18)21(3,4)5/h8-11,13H,6-7,12H2,1-5H3,(H2,22,23,28). The highest BCUT2D eigenvalue weighted by Crippen LogP contribution is 2.24. The van der Waals surface area contributed by atoms with Crippen LogP contribution in [0.3, 0.4) is 0 Å². The van der Waals surface area contributed by atoms with E-state index in [0.717, 1.165) is 5.56 Å². The van der Waals surface area contributed by atoms with Crippen molar-refractivity contribution < 1.29 is 13.8 Å². The number of aromatic nitrogens is 4. The number of hydrogen-bond acceptors (Lipinski definition) is 7. The molecule has 0 saturated carbocycles. The Bertz CT molecular complexity index is 969. The monoisotopic (exact) mass is 412 g/mol. The number of nitrogens with zero attached hydrogens (tertiary/aromatic N) is 4. The molecule has 3 rings (SSSR count). The Balaban J connectivity index is 1.44. The Kier molecular flexibility index (Phi) is 6.49. The van der Waals surface area contributed by atoms with Gasteiger partial charge in [0, 0.05) is 35.5 Å². The quantitative estimate of drug-likeness (QED) is 0.555. The van der Waals surface area contributed by atoms with Gasteiger partial charge in [0.2, 0.25) is 17.6 Å². The number of aryl methyl sites for hydroxylation is 1. The second-order valence-electron chi connectivity index (χ2n) is 8.44. The van der Waals surface area contributed by atoms with Gasteiger partial charge in [-0.05, 0) is 30.7 Å². The molecule has 0 aliphatic rings. The highest BCUT2D eigenvalue weighted by atomic mass is 16.5. The molecule has 9 nitrogen and oxygen atoms in total. The van der Waals surface area contributed by atoms with Crippen molar-refractivity contribution in [2.24, 2.45) is 0 Å². The molecule has 0 unspecified atom stereocenters. The lowest BCUT2D eigenvalue weighted by Gasteiger charge is -2.10. The van der Waals surface area contributed by atoms with Crippen LogP contribution in [0, 0.1) is 0 Å². The van der Waals surface area contributed by atoms with Crippen LogP contribution < -0.4 is 10.6 Å². The molecular weight excluding hydrogens is 384 g/mol. The van der Waals surface area contributed by atoms with Crippen LogP contribution in [0.2, 0.25) is 0 Å². The fourth-order valence-corrected chi connectivity index (χ4v) is 2.57. The van der Waals surface area contributed by atoms with Gasteiger partial charge in [0.05, 0.1) is 0 Å². The molecule has 2 aromatic heterocycles. The average molecular weight is 412 g/mol. The third-order valence-electron chi connectivity index (χ3n) is 4.32. The van der Waals surface area contributed by atoms with E-state index in [9.17, 15) is 4.79 Å². The first-order valence-corrected chi connectivity index (χ1v) is 10.0. The number of amides is 2. The van der Waals surface area contributed by atoms with Crippen molar-refractivity contribution in [1.82, 2.24) is 25.6 Å². The number of urea groups is 1. The van der Waals surface area contributed by atoms with E-state index in [0.29, 0.717) is 48.5 Å². The molecular formula is C21H28N6O3. The van der Waals surface area contributed by atoms with Crippen molar-refractivity contribution in [2.75, 3.05) is 11.9 Å². The topological polar surface area (TPSA) is 119 Å². The summed E-state index contributed by atoms with van der Waals surface area (Å²) in [5.74, 6) is 2.64. The molecule has 1 aromatic carbocycles. The fourth-order valence-electron chi connectivity index (χ4n) is 2.57. The third-order valence-corrected chi connectivity index (χ3v) is 4.32. The molecule has 0 radical (unpaired) electrons. The van der Waals surface area contributed by atoms with E-state index < -0.39 is 0 Å². The van der Waals surface area contributed by atoms with Crippen LogP contribution in [0.25, 0.3) is 11.4 Å². The van der Waals surface area contributed by atoms with E-state index in [1.807, 2.05) is 46.8 Å². The van der Waals surface area contributed by atoms with Gasteiger partial charge >= 0.3 is 6.03 Å². The van der Waals surface area contributed by atoms with E-state index in [1.165, 1.54) is 0 Å². The Hall–Kier alpha value is -3.23. The number of rotatable bonds is 7. The van der Waals surface area contributed by atoms with Crippen LogP contribution in [0.1, 0.15) is 64.6 Å². The minimum atomic E-state index is -0.272. The molecule has 0 aliphatic carbocycles. The number of carbonyl (C=O) groups excluding carboxylic acids is 1. The molecule has 2 N–H and O–H groups in total. The molecule has 2 amide bonds. The van der Waals surface area contributed by atoms with Gasteiger partial charge in [-0.2, -0.15) is 9.97 Å². The zero-order chi connectivity index (χ0) is 21.7. The summed E-state index contributed by atoms with van der Waals surface area (Å²) in [5, 5.41) is 13.6. The van der Waals surface area contributed by atoms with Crippen LogP contribution in [0.4, 0.5) is 10.5 Å². The first-order chi connectivity index (χ1) is 14.2. The number of hydrogen-bond donors (Lipinski definition) is 2. The fraction of sp³-hybridized carbons (Fsp3) is 0.476. The highest BCUT2D eigenvalue weighted by molar-refractivity contribution is 5.89. The normalized spacial score (nSPS) is 11.7. The summed E-state index contributed by atoms with van der Waals surface area (Å²) in [6, 6.07) is 7.01. The molecule has 0 aliphatic heterocycles. The van der Waals surface area contributed by atoms with Gasteiger partial charge < -0.3 is 19.7 Å². The molecule has 0 bridgehead atoms. The Morgan fingerprint density at radius 2 is 1.80 bits per heavy atom. The van der Waals surface area contributed by atoms with Crippen LogP contribution in [0.15, 0.2) is 33.3 Å². The summed E-state index contributed by atoms with van der Waals surface area (Å²) >= 11 is 0. The summed E-state index contributed by atoms with van der Waals surface area (Å²) in [6.45, 7) is 10.6. The third kappa shape index (κ3) is 5.65. The van der Waals surface area contributed by atoms with E-state index in [4.69, 9.17) is 9.05 Å². The van der Waals surface area contributed by atoms with E-state index in [2.05, 4.69) is 30.9 Å². The summed E-state index contributed by atoms with van der Waals surface area (Å²) in [5.41, 5.74) is 1.29. The van der Waals surface area contributed by atoms with Crippen molar-refractivity contribution in [2.45, 2.75) is 58.8 Å². The summed E-state index contributed by atoms with van der Waals surface area (Å²) in [6.07, 6.45) is 1.33. The lowest BCUT2D eigenvalue weighted by Crippen LogP contribution is -2.29. The van der Waals surface area contributed by atoms with E-state index in [1.54, 1.807) is 12.1 Å². The van der Waals surface area contributed by atoms with Gasteiger partial charge in [-0.15, -0.1) is 0 Å². The second kappa shape index (κ2) is 9.06. The van der Waals surface area contributed by atoms with Gasteiger partial charge in [-0.3, -0.25) is 0 Å². The minimum absolute atomic E-state index is 0.203. The largest absolute Gasteiger partial charge is 0.339 e. The minimum Gasteiger partial charge on any atom is -0.339 e. The SMILES string of the molecule is CC(C)c1noc(CCCNC(=O)Nc2ccc(-c3noc(C(C)(C)C)n3)cc2)n1. The van der Waals surface area contributed by atoms with Gasteiger partial charge in [0.25, 0.3) is 0 Å². The van der Waals surface area contributed by atoms with E-state index in [-0.39, 0.29) is 17.4 Å². The van der Waals surface area contributed by atoms with E-state index >= 15 is 0 Å². The number of benzene rings is 1. The smallest absolute Gasteiger partial charge is 0.319 e. The second-order valence-corrected chi connectivity index (χ2v) is 8.44. The molecule has 0 spiro atoms. The van der Waals surface area contributed by atoms with Crippen molar-refractivity contribution >= 4 is 11.7 Å². The van der Waals surface area contributed by atoms with Crippen LogP contribution >= 0.6 is 0 Å². The zero-order valence-electron chi connectivity index (χ0n) is 18.0. The van der Waals surface area contributed by atoms with Crippen molar-refractivity contribution in [3.63, 3.8) is 0 Å². The lowest BCUT2D eigenvalue weighted by molar-refractivity contribution is 0.252. The van der Waals surface area contributed by atoms with Crippen LogP contribution in [-0.4, -0.2) is 32.9 Å². The Morgan fingerprint density at radius 1 is 1.07 bits per heavy atom. The van der Waals surface area contributed by atoms with Crippen LogP contribution in [0.5, 0.6) is 0 Å². The highest BCUT2D eigenvalue weighted by Gasteiger charge is 2.22. The van der Waals surface area contributed by atoms with Crippen LogP contribution in [-0.2, 0) is 11.8 Å². The summed E-state index contributed by atoms with van der Waals surface area (Å²) in [7, 11) is 0. The lowest BCUT2D eigenvalue weighted by atomic mass is 9.97. The summed E-state index contributed by atoms with van der Waals surface area (Å²) < 4.78 is 10.5. The van der Waals surface area contributed by atoms with Gasteiger partial charge in [-0.1, -0.05) is 44.9 Å². The first kappa shape index (κ1) is 21.5. The van der Waals surface area contributed by atoms with Crippen molar-refractivity contribution in [3.8, 4) is 11.4 Å². The van der Waals surface area contributed by atoms with Crippen molar-refractivity contribution in [1.29, 1.82) is 0 Å². The molecule has 160 valence electrons. The number of nitrogens with one attached hydrogen (secondary N) is 2. The number of carbonyl (C=O) groups is 1. The maximum absolute atomic E-state index is 12.1. The molecule has 9 heteroatoms. The molecule has 2 heterocycles. The predicted molar refractivity (Wildman–Crippen MR) is 112 cm³/mol.